The lowest BCUT2D eigenvalue weighted by Crippen LogP contribution is -2.16. The average Bonchev–Trinajstić information content (AvgIpc) is 3.32. The van der Waals surface area contributed by atoms with E-state index in [1.807, 2.05) is 37.3 Å². The van der Waals surface area contributed by atoms with E-state index in [4.69, 9.17) is 0 Å². The molecule has 0 fully saturated rings. The van der Waals surface area contributed by atoms with E-state index < -0.39 is 23.1 Å². The summed E-state index contributed by atoms with van der Waals surface area (Å²) in [4.78, 5) is 17.4. The summed E-state index contributed by atoms with van der Waals surface area (Å²) in [7, 11) is 1.58. The molecule has 154 valence electrons. The summed E-state index contributed by atoms with van der Waals surface area (Å²) in [5, 5.41) is 6.65. The molecule has 0 saturated heterocycles. The Morgan fingerprint density at radius 1 is 1.10 bits per heavy atom. The molecule has 0 spiro atoms. The van der Waals surface area contributed by atoms with Gasteiger partial charge < -0.3 is 5.32 Å². The first-order chi connectivity index (χ1) is 14.9. The van der Waals surface area contributed by atoms with Crippen LogP contribution in [0.1, 0.15) is 32.6 Å². The number of carbonyl (C=O) groups is 1. The predicted molar refractivity (Wildman–Crippen MR) is 116 cm³/mol. The normalized spacial score (nSPS) is 12.7. The van der Waals surface area contributed by atoms with Gasteiger partial charge in [0.25, 0.3) is 5.91 Å². The second-order valence-corrected chi connectivity index (χ2v) is 7.55. The molecule has 7 heteroatoms. The van der Waals surface area contributed by atoms with Crippen molar-refractivity contribution in [1.29, 1.82) is 0 Å². The summed E-state index contributed by atoms with van der Waals surface area (Å²) in [6.07, 6.45) is 1.28. The third kappa shape index (κ3) is 3.09. The first kappa shape index (κ1) is 19.1. The van der Waals surface area contributed by atoms with Crippen LogP contribution >= 0.6 is 0 Å². The minimum atomic E-state index is -0.936. The molecule has 1 aliphatic heterocycles. The van der Waals surface area contributed by atoms with Crippen molar-refractivity contribution in [2.45, 2.75) is 13.5 Å². The number of halogens is 2. The summed E-state index contributed by atoms with van der Waals surface area (Å²) in [5.74, 6) is -2.72. The third-order valence-electron chi connectivity index (χ3n) is 5.60. The van der Waals surface area contributed by atoms with E-state index in [1.54, 1.807) is 19.2 Å². The van der Waals surface area contributed by atoms with Crippen LogP contribution in [0.15, 0.2) is 59.7 Å². The molecule has 1 N–H and O–H groups in total. The summed E-state index contributed by atoms with van der Waals surface area (Å²) >= 11 is 0. The molecule has 1 aliphatic rings. The SMILES string of the molecule is Cc1ccccc1C1=NCc2ccc(NC(=O)c3c(F)cc4c(cnn4C)c3F)cc21. The Labute approximate surface area is 177 Å². The number of nitrogens with zero attached hydrogens (tertiary/aromatic N) is 3. The van der Waals surface area contributed by atoms with Crippen LogP contribution in [0.5, 0.6) is 0 Å². The van der Waals surface area contributed by atoms with Gasteiger partial charge in [-0.15, -0.1) is 0 Å². The van der Waals surface area contributed by atoms with Crippen molar-refractivity contribution in [3.63, 3.8) is 0 Å². The van der Waals surface area contributed by atoms with Crippen molar-refractivity contribution < 1.29 is 13.6 Å². The number of benzene rings is 3. The van der Waals surface area contributed by atoms with Gasteiger partial charge in [-0.1, -0.05) is 30.3 Å². The Bertz CT molecular complexity index is 1400. The largest absolute Gasteiger partial charge is 0.322 e. The standard InChI is InChI=1S/C24H18F2N4O/c1-13-5-3-4-6-16(13)23-17-9-15(8-7-14(17)11-27-23)29-24(31)21-19(25)10-20-18(22(21)26)12-28-30(20)2/h3-10,12H,11H2,1-2H3,(H,29,31). The van der Waals surface area contributed by atoms with Crippen molar-refractivity contribution in [2.24, 2.45) is 12.0 Å². The van der Waals surface area contributed by atoms with Gasteiger partial charge >= 0.3 is 0 Å². The number of fused-ring (bicyclic) bond motifs is 2. The fourth-order valence-corrected chi connectivity index (χ4v) is 3.95. The number of anilines is 1. The quantitative estimate of drug-likeness (QED) is 0.523. The molecule has 5 rings (SSSR count). The number of aromatic nitrogens is 2. The molecule has 4 aromatic rings. The van der Waals surface area contributed by atoms with Crippen LogP contribution in [-0.2, 0) is 13.6 Å². The van der Waals surface area contributed by atoms with Crippen LogP contribution in [-0.4, -0.2) is 21.4 Å². The molecule has 0 atom stereocenters. The highest BCUT2D eigenvalue weighted by Crippen LogP contribution is 2.29. The lowest BCUT2D eigenvalue weighted by atomic mass is 9.96. The maximum atomic E-state index is 14.9. The highest BCUT2D eigenvalue weighted by molar-refractivity contribution is 6.16. The van der Waals surface area contributed by atoms with Crippen molar-refractivity contribution in [2.75, 3.05) is 5.32 Å². The molecule has 0 unspecified atom stereocenters. The van der Waals surface area contributed by atoms with Gasteiger partial charge in [-0.05, 0) is 30.2 Å². The Hall–Kier alpha value is -3.87. The van der Waals surface area contributed by atoms with Crippen LogP contribution in [0.25, 0.3) is 10.9 Å². The van der Waals surface area contributed by atoms with E-state index in [9.17, 15) is 13.6 Å². The predicted octanol–water partition coefficient (Wildman–Crippen LogP) is 4.76. The molecular formula is C24H18F2N4O. The second-order valence-electron chi connectivity index (χ2n) is 7.55. The van der Waals surface area contributed by atoms with E-state index in [0.29, 0.717) is 12.2 Å². The fraction of sp³-hybridized carbons (Fsp3) is 0.125. The number of aryl methyl sites for hydroxylation is 2. The van der Waals surface area contributed by atoms with Gasteiger partial charge in [-0.25, -0.2) is 8.78 Å². The zero-order valence-corrected chi connectivity index (χ0v) is 16.9. The van der Waals surface area contributed by atoms with Crippen LogP contribution in [0, 0.1) is 18.6 Å². The van der Waals surface area contributed by atoms with Crippen LogP contribution < -0.4 is 5.32 Å². The smallest absolute Gasteiger partial charge is 0.261 e. The van der Waals surface area contributed by atoms with Crippen molar-refractivity contribution in [1.82, 2.24) is 9.78 Å². The second kappa shape index (κ2) is 7.12. The van der Waals surface area contributed by atoms with Crippen molar-refractivity contribution in [3.05, 3.63) is 94.2 Å². The Morgan fingerprint density at radius 2 is 1.90 bits per heavy atom. The van der Waals surface area contributed by atoms with Gasteiger partial charge in [0.2, 0.25) is 0 Å². The zero-order valence-electron chi connectivity index (χ0n) is 16.9. The monoisotopic (exact) mass is 416 g/mol. The fourth-order valence-electron chi connectivity index (χ4n) is 3.95. The minimum absolute atomic E-state index is 0.0944. The Kier molecular flexibility index (Phi) is 4.39. The van der Waals surface area contributed by atoms with Crippen LogP contribution in [0.3, 0.4) is 0 Å². The number of aliphatic imine (C=N–C) groups is 1. The highest BCUT2D eigenvalue weighted by atomic mass is 19.1. The molecule has 31 heavy (non-hydrogen) atoms. The topological polar surface area (TPSA) is 59.3 Å². The number of nitrogens with one attached hydrogen (secondary N) is 1. The zero-order chi connectivity index (χ0) is 21.7. The number of rotatable bonds is 3. The van der Waals surface area contributed by atoms with E-state index in [-0.39, 0.29) is 10.9 Å². The van der Waals surface area contributed by atoms with Crippen LogP contribution in [0.4, 0.5) is 14.5 Å². The lowest BCUT2D eigenvalue weighted by Gasteiger charge is -2.11. The molecule has 0 radical (unpaired) electrons. The van der Waals surface area contributed by atoms with Gasteiger partial charge in [-0.2, -0.15) is 5.10 Å². The van der Waals surface area contributed by atoms with Gasteiger partial charge in [0.05, 0.1) is 29.4 Å². The molecule has 5 nitrogen and oxygen atoms in total. The van der Waals surface area contributed by atoms with Crippen LogP contribution in [0.2, 0.25) is 0 Å². The Balaban J connectivity index is 1.49. The maximum Gasteiger partial charge on any atom is 0.261 e. The summed E-state index contributed by atoms with van der Waals surface area (Å²) < 4.78 is 30.8. The van der Waals surface area contributed by atoms with Gasteiger partial charge in [0.15, 0.2) is 0 Å². The number of hydrogen-bond acceptors (Lipinski definition) is 3. The number of carbonyl (C=O) groups excluding carboxylic acids is 1. The van der Waals surface area contributed by atoms with Gasteiger partial charge in [0.1, 0.15) is 17.2 Å². The van der Waals surface area contributed by atoms with Gasteiger partial charge in [-0.3, -0.25) is 14.5 Å². The first-order valence-corrected chi connectivity index (χ1v) is 9.79. The summed E-state index contributed by atoms with van der Waals surface area (Å²) in [6, 6.07) is 14.4. The maximum absolute atomic E-state index is 14.9. The van der Waals surface area contributed by atoms with E-state index in [0.717, 1.165) is 34.0 Å². The van der Waals surface area contributed by atoms with Crippen molar-refractivity contribution in [3.8, 4) is 0 Å². The number of amides is 1. The molecule has 0 aliphatic carbocycles. The summed E-state index contributed by atoms with van der Waals surface area (Å²) in [5.41, 5.74) is 4.98. The van der Waals surface area contributed by atoms with Gasteiger partial charge in [0, 0.05) is 29.9 Å². The van der Waals surface area contributed by atoms with E-state index in [2.05, 4.69) is 15.4 Å². The van der Waals surface area contributed by atoms with Crippen molar-refractivity contribution >= 4 is 28.2 Å². The van der Waals surface area contributed by atoms with E-state index in [1.165, 1.54) is 10.9 Å². The minimum Gasteiger partial charge on any atom is -0.322 e. The Morgan fingerprint density at radius 3 is 2.71 bits per heavy atom. The number of hydrogen-bond donors (Lipinski definition) is 1. The molecule has 2 heterocycles. The summed E-state index contributed by atoms with van der Waals surface area (Å²) in [6.45, 7) is 2.57. The first-order valence-electron chi connectivity index (χ1n) is 9.79. The molecular weight excluding hydrogens is 398 g/mol. The molecule has 0 saturated carbocycles. The molecule has 0 bridgehead atoms. The molecule has 1 aromatic heterocycles. The molecule has 1 amide bonds. The third-order valence-corrected chi connectivity index (χ3v) is 5.60. The highest BCUT2D eigenvalue weighted by Gasteiger charge is 2.24. The van der Waals surface area contributed by atoms with E-state index >= 15 is 0 Å². The average molecular weight is 416 g/mol. The lowest BCUT2D eigenvalue weighted by molar-refractivity contribution is 0.101. The molecule has 3 aromatic carbocycles.